The lowest BCUT2D eigenvalue weighted by molar-refractivity contribution is -0.138. The Hall–Kier alpha value is -15.3. The summed E-state index contributed by atoms with van der Waals surface area (Å²) in [4.78, 5) is 359. The van der Waals surface area contributed by atoms with Crippen molar-refractivity contribution < 1.29 is 113 Å². The normalized spacial score (nSPS) is 10.6. The van der Waals surface area contributed by atoms with Crippen LogP contribution >= 0.6 is 0 Å². The molecular weight excluding hydrogens is 1820 g/mol. The molecule has 0 atom stereocenters. The number of rotatable bonds is 50. The van der Waals surface area contributed by atoms with E-state index in [1.165, 1.54) is 41.5 Å². The van der Waals surface area contributed by atoms with Crippen LogP contribution in [0.25, 0.3) is 0 Å². The third-order valence-electron chi connectivity index (χ3n) is 18.5. The van der Waals surface area contributed by atoms with Gasteiger partial charge in [0.15, 0.2) is 0 Å². The van der Waals surface area contributed by atoms with E-state index in [9.17, 15) is 149 Å². The van der Waals surface area contributed by atoms with E-state index in [4.69, 9.17) is 51.1 Å². The molecule has 0 unspecified atom stereocenters. The highest BCUT2D eigenvalue weighted by Gasteiger charge is 2.24. The Morgan fingerprint density at radius 3 is 0.430 bits per heavy atom. The molecule has 748 valence electrons. The number of hydrogen-bond acceptors (Lipinski definition) is 34. The first-order valence-corrected chi connectivity index (χ1v) is 41.1. The van der Waals surface area contributed by atoms with Crippen LogP contribution in [-0.2, 0) is 180 Å². The van der Waals surface area contributed by atoms with Gasteiger partial charge in [-0.15, -0.1) is 0 Å². The Labute approximate surface area is 754 Å². The van der Waals surface area contributed by atoms with Crippen molar-refractivity contribution in [2.75, 3.05) is 13.2 Å². The topological polar surface area (TPSA) is 820 Å². The van der Waals surface area contributed by atoms with Gasteiger partial charge in [0, 0.05) is 150 Å². The molecule has 6 heterocycles. The van der Waals surface area contributed by atoms with Crippen LogP contribution in [0.5, 0.6) is 0 Å². The zero-order chi connectivity index (χ0) is 103. The number of carbonyl (C=O) groups excluding carboxylic acids is 6. The molecule has 6 aromatic heterocycles. The number of hydrogen-bond donors (Lipinski definition) is 10. The van der Waals surface area contributed by atoms with Gasteiger partial charge in [-0.05, 0) is 60.8 Å². The van der Waals surface area contributed by atoms with Crippen molar-refractivity contribution in [2.45, 2.75) is 283 Å². The van der Waals surface area contributed by atoms with E-state index < -0.39 is 229 Å². The highest BCUT2D eigenvalue weighted by molar-refractivity contribution is 5.77. The van der Waals surface area contributed by atoms with Gasteiger partial charge in [0.2, 0.25) is 0 Å². The number of aliphatic carboxylic acids is 7. The minimum atomic E-state index is -1.25. The molecule has 0 saturated heterocycles. The van der Waals surface area contributed by atoms with Crippen LogP contribution < -0.4 is 102 Å². The van der Waals surface area contributed by atoms with Crippen LogP contribution in [0.3, 0.4) is 0 Å². The quantitative estimate of drug-likeness (QED) is 0.0170. The molecule has 0 aliphatic rings. The summed E-state index contributed by atoms with van der Waals surface area (Å²) in [5.74, 6) is -9.87. The first kappa shape index (κ1) is 118. The van der Waals surface area contributed by atoms with E-state index in [-0.39, 0.29) is 171 Å². The fourth-order valence-corrected chi connectivity index (χ4v) is 11.4. The number of ketones is 6. The molecule has 0 fully saturated rings. The maximum Gasteiger partial charge on any atom is 0.338 e. The first-order chi connectivity index (χ1) is 63.1. The Balaban J connectivity index is 0.000000810. The largest absolute Gasteiger partial charge is 0.481 e. The van der Waals surface area contributed by atoms with Crippen LogP contribution in [0.1, 0.15) is 165 Å². The monoisotopic (exact) mass is 1930 g/mol. The van der Waals surface area contributed by atoms with Crippen LogP contribution in [0.4, 0.5) is 0 Å². The highest BCUT2D eigenvalue weighted by atomic mass is 16.4. The average molecular weight is 1930 g/mol. The van der Waals surface area contributed by atoms with E-state index in [1.807, 2.05) is 6.92 Å². The lowest BCUT2D eigenvalue weighted by Gasteiger charge is -2.13. The van der Waals surface area contributed by atoms with Crippen LogP contribution in [0.15, 0.2) is 86.3 Å². The second-order valence-electron chi connectivity index (χ2n) is 29.1. The van der Waals surface area contributed by atoms with Crippen molar-refractivity contribution in [3.63, 3.8) is 0 Å². The lowest BCUT2D eigenvalue weighted by Crippen LogP contribution is -2.55. The van der Waals surface area contributed by atoms with Gasteiger partial charge >= 0.3 is 144 Å². The summed E-state index contributed by atoms with van der Waals surface area (Å²) in [5.41, 5.74) is -16.8. The summed E-state index contributed by atoms with van der Waals surface area (Å²) in [5, 5.41) is 87.5. The molecule has 10 N–H and O–H groups in total. The second kappa shape index (κ2) is 57.7. The molecule has 59 heteroatoms. The van der Waals surface area contributed by atoms with E-state index in [1.54, 1.807) is 6.92 Å². The fourth-order valence-electron chi connectivity index (χ4n) is 11.4. The molecule has 0 bridgehead atoms. The molecule has 0 aromatic carbocycles. The third kappa shape index (κ3) is 36.7. The van der Waals surface area contributed by atoms with Crippen molar-refractivity contribution >= 4 is 76.5 Å². The average Bonchev–Trinajstić information content (AvgIpc) is 0.811. The number of aliphatic hydroxyl groups is 3. The number of nitrogens with zero attached hydrogens (tertiary/aromatic N) is 18. The van der Waals surface area contributed by atoms with Crippen LogP contribution in [0.2, 0.25) is 0 Å². The molecule has 0 amide bonds. The number of aliphatic hydroxyl groups excluding tert-OH is 3. The number of aromatic nitrogens is 18. The van der Waals surface area contributed by atoms with Crippen molar-refractivity contribution in [3.05, 3.63) is 189 Å². The molecule has 0 radical (unpaired) electrons. The predicted octanol–water partition coefficient (Wildman–Crippen LogP) is -10.2. The summed E-state index contributed by atoms with van der Waals surface area (Å²) in [6.07, 6.45) is -1.77. The standard InChI is InChI=1S/C14H21N3O6.C13H17N3O8.C13H19N3O7.C13H19N3O6.C12H17N3O7.C11H15N3O7/c1-3-4-7-15-12(21)16(8-5-10(2)18)14(23)17(13(15)22)9-6-11(19)20;1-8(17)2-5-14-11(22)15(6-3-9(18)19)13(24)16(12(14)23)7-4-10(20)21;1-9(18)3-6-15-11(21)14(5-2-8-17)12(22)16(13(15)23)7-4-10(19)20;1-3-6-14-11(20)15(7-4-9(2)17)13(22)16(12(14)21)8-5-10(18)19;1-8(17)2-4-13-10(20)14(5-3-9(18)19)12(22)15(6-7-16)11(13)21;1-7(16)2-4-12-9(19)13(5-3-8(17)18)11(21)14(6-15)10(12)20/h3-9H2,1-2H3,(H,19,20);2-7H2,1H3,(H,18,19)(H,20,21);17H,2-8H2,1H3,(H,19,20);3-8H2,1-2H3,(H,18,19);16H,2-7H2,1H3,(H,18,19);15H,2-6H2,1H3,(H,17,18). The number of carboxylic acids is 7. The van der Waals surface area contributed by atoms with Gasteiger partial charge < -0.3 is 51.1 Å². The van der Waals surface area contributed by atoms with E-state index in [0.717, 1.165) is 43.0 Å². The number of Topliss-reactive ketones (excluding diaryl/α,β-unsaturated/α-hetero) is 6. The predicted molar refractivity (Wildman–Crippen MR) is 459 cm³/mol. The summed E-state index contributed by atoms with van der Waals surface area (Å²) in [6, 6.07) is 0. The Bertz CT molecular complexity index is 5880. The summed E-state index contributed by atoms with van der Waals surface area (Å²) < 4.78 is 12.3. The van der Waals surface area contributed by atoms with Crippen molar-refractivity contribution in [2.24, 2.45) is 0 Å². The molecule has 0 aliphatic heterocycles. The number of unbranched alkanes of at least 4 members (excludes halogenated alkanes) is 1. The third-order valence-corrected chi connectivity index (χ3v) is 18.5. The molecule has 0 aliphatic carbocycles. The van der Waals surface area contributed by atoms with Gasteiger partial charge in [0.1, 0.15) is 41.4 Å². The zero-order valence-electron chi connectivity index (χ0n) is 74.8. The molecule has 59 nitrogen and oxygen atoms in total. The summed E-state index contributed by atoms with van der Waals surface area (Å²) in [7, 11) is 0. The maximum absolute atomic E-state index is 12.3. The SMILES string of the molecule is CC(=O)CCn1c(=O)n(CCC(=O)O)c(=O)n(CCC(=O)O)c1=O.CC(=O)CCn1c(=O)n(CCCO)c(=O)n(CCC(=O)O)c1=O.CC(=O)CCn1c(=O)n(CCO)c(=O)n(CCC(=O)O)c1=O.CC(=O)CCn1c(=O)n(CO)c(=O)n(CCC(=O)O)c1=O.CCCCn1c(=O)n(CCC(C)=O)c(=O)n(CCC(=O)O)c1=O.CCCn1c(=O)n(CCC(C)=O)c(=O)n(CCC(=O)O)c1=O. The smallest absolute Gasteiger partial charge is 0.338 e. The maximum atomic E-state index is 12.3. The number of carboxylic acid groups (broad SMARTS) is 7. The van der Waals surface area contributed by atoms with Gasteiger partial charge in [0.25, 0.3) is 0 Å². The Kier molecular flexibility index (Phi) is 50.3. The van der Waals surface area contributed by atoms with Gasteiger partial charge in [-0.25, -0.2) is 169 Å². The molecule has 6 aromatic rings. The van der Waals surface area contributed by atoms with E-state index in [0.29, 0.717) is 58.5 Å². The van der Waals surface area contributed by atoms with Crippen LogP contribution in [-0.4, -0.2) is 223 Å². The van der Waals surface area contributed by atoms with Gasteiger partial charge in [-0.2, -0.15) is 0 Å². The van der Waals surface area contributed by atoms with Crippen molar-refractivity contribution in [1.29, 1.82) is 0 Å². The summed E-state index contributed by atoms with van der Waals surface area (Å²) in [6.45, 7) is 5.52. The molecule has 0 saturated carbocycles. The Morgan fingerprint density at radius 1 is 0.170 bits per heavy atom. The first-order valence-electron chi connectivity index (χ1n) is 41.1. The van der Waals surface area contributed by atoms with Crippen molar-refractivity contribution in [1.82, 2.24) is 82.2 Å². The summed E-state index contributed by atoms with van der Waals surface area (Å²) >= 11 is 0. The minimum Gasteiger partial charge on any atom is -0.481 e. The van der Waals surface area contributed by atoms with E-state index in [2.05, 4.69) is 0 Å². The molecule has 0 spiro atoms. The highest BCUT2D eigenvalue weighted by Crippen LogP contribution is 1.98. The Morgan fingerprint density at radius 2 is 0.304 bits per heavy atom. The minimum absolute atomic E-state index is 0.0138. The van der Waals surface area contributed by atoms with E-state index >= 15 is 0 Å². The molecular formula is C76H108N18O41. The second-order valence-corrected chi connectivity index (χ2v) is 29.1. The zero-order valence-corrected chi connectivity index (χ0v) is 74.8. The molecule has 6 rings (SSSR count). The van der Waals surface area contributed by atoms with Gasteiger partial charge in [-0.3, -0.25) is 62.3 Å². The number of carbonyl (C=O) groups is 13. The fraction of sp³-hybridized carbons (Fsp3) is 0.592. The lowest BCUT2D eigenvalue weighted by atomic mass is 10.3. The van der Waals surface area contributed by atoms with Crippen LogP contribution in [0, 0.1) is 0 Å². The van der Waals surface area contributed by atoms with Gasteiger partial charge in [-0.1, -0.05) is 20.3 Å². The molecule has 135 heavy (non-hydrogen) atoms. The van der Waals surface area contributed by atoms with Gasteiger partial charge in [0.05, 0.1) is 58.1 Å². The van der Waals surface area contributed by atoms with Crippen molar-refractivity contribution in [3.8, 4) is 0 Å².